The number of pyridine rings is 1. The molecule has 3 rings (SSSR count). The number of alkyl halides is 7. The zero-order valence-corrected chi connectivity index (χ0v) is 17.5. The lowest BCUT2D eigenvalue weighted by Crippen LogP contribution is -2.42. The van der Waals surface area contributed by atoms with E-state index in [0.29, 0.717) is 0 Å². The summed E-state index contributed by atoms with van der Waals surface area (Å²) in [5.74, 6) is -2.74. The van der Waals surface area contributed by atoms with Crippen molar-refractivity contribution >= 4 is 18.3 Å². The van der Waals surface area contributed by atoms with Gasteiger partial charge in [0.15, 0.2) is 5.75 Å². The lowest BCUT2D eigenvalue weighted by Gasteiger charge is -2.16. The van der Waals surface area contributed by atoms with Crippen LogP contribution in [-0.4, -0.2) is 45.5 Å². The molecule has 0 saturated carbocycles. The molecule has 0 unspecified atom stereocenters. The van der Waals surface area contributed by atoms with Crippen LogP contribution < -0.4 is 15.4 Å². The first-order chi connectivity index (χ1) is 14.8. The fourth-order valence-corrected chi connectivity index (χ4v) is 3.01. The first-order valence-corrected chi connectivity index (χ1v) is 9.15. The van der Waals surface area contributed by atoms with Gasteiger partial charge in [-0.25, -0.2) is 14.4 Å². The minimum Gasteiger partial charge on any atom is -0.404 e. The van der Waals surface area contributed by atoms with Gasteiger partial charge in [0.2, 0.25) is 11.7 Å². The van der Waals surface area contributed by atoms with Crippen molar-refractivity contribution in [3.05, 3.63) is 36.0 Å². The molecule has 7 nitrogen and oxygen atoms in total. The summed E-state index contributed by atoms with van der Waals surface area (Å²) >= 11 is 0. The van der Waals surface area contributed by atoms with Crippen molar-refractivity contribution < 1.29 is 40.3 Å². The van der Waals surface area contributed by atoms with Crippen molar-refractivity contribution in [3.63, 3.8) is 0 Å². The summed E-state index contributed by atoms with van der Waals surface area (Å²) in [7, 11) is 0. The van der Waals surface area contributed by atoms with Gasteiger partial charge in [0.1, 0.15) is 6.17 Å². The van der Waals surface area contributed by atoms with Gasteiger partial charge in [0.25, 0.3) is 0 Å². The molecule has 1 aliphatic rings. The molecule has 0 bridgehead atoms. The van der Waals surface area contributed by atoms with Gasteiger partial charge in [0.05, 0.1) is 17.9 Å². The second-order valence-corrected chi connectivity index (χ2v) is 7.00. The number of hydrogen-bond acceptors (Lipinski definition) is 6. The lowest BCUT2D eigenvalue weighted by atomic mass is 10.1. The van der Waals surface area contributed by atoms with Crippen LogP contribution in [0.15, 0.2) is 24.7 Å². The van der Waals surface area contributed by atoms with E-state index in [1.807, 2.05) is 0 Å². The molecule has 3 heterocycles. The van der Waals surface area contributed by atoms with Crippen LogP contribution in [0, 0.1) is 0 Å². The maximum Gasteiger partial charge on any atom is 0.573 e. The highest BCUT2D eigenvalue weighted by Crippen LogP contribution is 2.30. The van der Waals surface area contributed by atoms with Crippen molar-refractivity contribution in [1.82, 2.24) is 25.6 Å². The van der Waals surface area contributed by atoms with Gasteiger partial charge >= 0.3 is 12.5 Å². The Morgan fingerprint density at radius 3 is 2.30 bits per heavy atom. The van der Waals surface area contributed by atoms with Crippen molar-refractivity contribution in [2.75, 3.05) is 0 Å². The van der Waals surface area contributed by atoms with Crippen molar-refractivity contribution in [1.29, 1.82) is 0 Å². The second kappa shape index (κ2) is 10.0. The van der Waals surface area contributed by atoms with E-state index in [1.165, 1.54) is 0 Å². The largest absolute Gasteiger partial charge is 0.573 e. The van der Waals surface area contributed by atoms with E-state index in [-0.39, 0.29) is 35.6 Å². The van der Waals surface area contributed by atoms with Crippen LogP contribution in [-0.2, 0) is 17.5 Å². The van der Waals surface area contributed by atoms with Gasteiger partial charge in [-0.2, -0.15) is 13.2 Å². The molecule has 0 aromatic carbocycles. The molecule has 1 aliphatic heterocycles. The summed E-state index contributed by atoms with van der Waals surface area (Å²) in [6.45, 7) is 1.11. The Balaban J connectivity index is 0.00000385. The molecule has 3 atom stereocenters. The topological polar surface area (TPSA) is 89.0 Å². The third kappa shape index (κ3) is 6.87. The minimum absolute atomic E-state index is 0. The molecule has 33 heavy (non-hydrogen) atoms. The second-order valence-electron chi connectivity index (χ2n) is 7.00. The van der Waals surface area contributed by atoms with Crippen LogP contribution >= 0.6 is 12.4 Å². The summed E-state index contributed by atoms with van der Waals surface area (Å²) in [4.78, 5) is 22.4. The van der Waals surface area contributed by atoms with Gasteiger partial charge in [-0.05, 0) is 13.0 Å². The van der Waals surface area contributed by atoms with Crippen LogP contribution in [0.2, 0.25) is 0 Å². The van der Waals surface area contributed by atoms with Crippen LogP contribution in [0.5, 0.6) is 5.75 Å². The molecule has 0 aliphatic carbocycles. The molecule has 2 aromatic heterocycles. The molecule has 0 radical (unpaired) electrons. The number of rotatable bonds is 5. The normalized spacial score (nSPS) is 20.8. The average molecular weight is 504 g/mol. The molecule has 2 N–H and O–H groups in total. The van der Waals surface area contributed by atoms with E-state index in [4.69, 9.17) is 0 Å². The maximum atomic E-state index is 13.6. The molecule has 1 amide bonds. The number of nitrogens with one attached hydrogen (secondary N) is 2. The summed E-state index contributed by atoms with van der Waals surface area (Å²) < 4.78 is 93.5. The molecule has 1 saturated heterocycles. The van der Waals surface area contributed by atoms with Crippen LogP contribution in [0.25, 0.3) is 11.3 Å². The number of hydrogen-bond donors (Lipinski definition) is 2. The summed E-state index contributed by atoms with van der Waals surface area (Å²) in [5, 5.41) is 5.12. The van der Waals surface area contributed by atoms with Crippen molar-refractivity contribution in [2.24, 2.45) is 0 Å². The lowest BCUT2D eigenvalue weighted by molar-refractivity contribution is -0.275. The summed E-state index contributed by atoms with van der Waals surface area (Å²) in [6.07, 6.45) is -8.81. The smallest absolute Gasteiger partial charge is 0.404 e. The van der Waals surface area contributed by atoms with Crippen LogP contribution in [0.4, 0.5) is 30.7 Å². The van der Waals surface area contributed by atoms with E-state index >= 15 is 0 Å². The molecule has 0 spiro atoms. The standard InChI is InChI=1S/C18H16F7N5O2.ClH/c1-8-11(19)3-13(30-8)15(31)27-4-9-2-12(26-7-14(9)32-18(23,24)25)10-5-28-16(29-6-10)17(20,21)22;/h2,5-8,11,13,30H,3-4H2,1H3,(H,27,31);1H/t8-,11+,13-;/m0./s1. The monoisotopic (exact) mass is 503 g/mol. The number of halogens is 8. The van der Waals surface area contributed by atoms with Gasteiger partial charge in [-0.3, -0.25) is 9.78 Å². The van der Waals surface area contributed by atoms with Crippen LogP contribution in [0.3, 0.4) is 0 Å². The first kappa shape index (κ1) is 26.5. The molecular weight excluding hydrogens is 487 g/mol. The van der Waals surface area contributed by atoms with E-state index in [1.54, 1.807) is 6.92 Å². The summed E-state index contributed by atoms with van der Waals surface area (Å²) in [6, 6.07) is -0.325. The Labute approximate surface area is 188 Å². The zero-order valence-electron chi connectivity index (χ0n) is 16.7. The minimum atomic E-state index is -5.05. The average Bonchev–Trinajstić information content (AvgIpc) is 3.04. The number of ether oxygens (including phenoxy) is 1. The Morgan fingerprint density at radius 2 is 1.79 bits per heavy atom. The first-order valence-electron chi connectivity index (χ1n) is 9.15. The number of aromatic nitrogens is 3. The Bertz CT molecular complexity index is 962. The third-order valence-corrected chi connectivity index (χ3v) is 4.61. The van der Waals surface area contributed by atoms with Gasteiger partial charge in [-0.1, -0.05) is 0 Å². The number of carbonyl (C=O) groups excluding carboxylic acids is 1. The van der Waals surface area contributed by atoms with Crippen molar-refractivity contribution in [3.8, 4) is 17.0 Å². The van der Waals surface area contributed by atoms with Gasteiger partial charge < -0.3 is 15.4 Å². The SMILES string of the molecule is C[C@@H]1N[C@H](C(=O)NCc2cc(-c3cnc(C(F)(F)F)nc3)ncc2OC(F)(F)F)C[C@H]1F.Cl. The fourth-order valence-electron chi connectivity index (χ4n) is 3.01. The highest BCUT2D eigenvalue weighted by molar-refractivity contribution is 5.85. The van der Waals surface area contributed by atoms with Gasteiger partial charge in [-0.15, -0.1) is 25.6 Å². The highest BCUT2D eigenvalue weighted by Gasteiger charge is 2.36. The molecule has 182 valence electrons. The van der Waals surface area contributed by atoms with Crippen LogP contribution in [0.1, 0.15) is 24.7 Å². The number of carbonyl (C=O) groups is 1. The van der Waals surface area contributed by atoms with E-state index in [0.717, 1.165) is 24.7 Å². The molecule has 1 fully saturated rings. The van der Waals surface area contributed by atoms with Crippen molar-refractivity contribution in [2.45, 2.75) is 50.7 Å². The van der Waals surface area contributed by atoms with Gasteiger partial charge in [0, 0.05) is 42.5 Å². The number of amides is 1. The fraction of sp³-hybridized carbons (Fsp3) is 0.444. The predicted octanol–water partition coefficient (Wildman–Crippen LogP) is 3.58. The Hall–Kier alpha value is -2.74. The van der Waals surface area contributed by atoms with E-state index < -0.39 is 54.8 Å². The Morgan fingerprint density at radius 1 is 1.15 bits per heavy atom. The Kier molecular flexibility index (Phi) is 8.06. The third-order valence-electron chi connectivity index (χ3n) is 4.61. The highest BCUT2D eigenvalue weighted by atomic mass is 35.5. The zero-order chi connectivity index (χ0) is 23.7. The van der Waals surface area contributed by atoms with E-state index in [9.17, 15) is 35.5 Å². The molecular formula is C18H17ClF7N5O2. The number of nitrogens with zero attached hydrogens (tertiary/aromatic N) is 3. The quantitative estimate of drug-likeness (QED) is 0.606. The molecule has 2 aromatic rings. The van der Waals surface area contributed by atoms with E-state index in [2.05, 4.69) is 30.3 Å². The maximum absolute atomic E-state index is 13.6. The molecule has 15 heteroatoms. The summed E-state index contributed by atoms with van der Waals surface area (Å²) in [5.41, 5.74) is -0.215. The predicted molar refractivity (Wildman–Crippen MR) is 102 cm³/mol.